The summed E-state index contributed by atoms with van der Waals surface area (Å²) in [7, 11) is 0. The number of hydrogen-bond donors (Lipinski definition) is 1. The summed E-state index contributed by atoms with van der Waals surface area (Å²) in [4.78, 5) is 11.5. The molecule has 0 radical (unpaired) electrons. The molecule has 1 N–H and O–H groups in total. The van der Waals surface area contributed by atoms with Crippen LogP contribution in [0, 0.1) is 5.82 Å². The number of benzene rings is 1. The standard InChI is InChI=1S/C10H7Cl3FNO/c1-5(11)4-15-10(16)6-2-9(14)8(13)3-7(6)12/h2-3H,1,4H2,(H,15,16). The van der Waals surface area contributed by atoms with Crippen LogP contribution in [-0.2, 0) is 0 Å². The van der Waals surface area contributed by atoms with Gasteiger partial charge in [0.1, 0.15) is 5.82 Å². The molecule has 16 heavy (non-hydrogen) atoms. The van der Waals surface area contributed by atoms with Crippen molar-refractivity contribution in [3.05, 3.63) is 45.2 Å². The molecule has 0 heterocycles. The summed E-state index contributed by atoms with van der Waals surface area (Å²) in [5.74, 6) is -1.25. The summed E-state index contributed by atoms with van der Waals surface area (Å²) in [5.41, 5.74) is 0.00137. The van der Waals surface area contributed by atoms with Gasteiger partial charge in [0.05, 0.1) is 22.2 Å². The smallest absolute Gasteiger partial charge is 0.253 e. The third-order valence-electron chi connectivity index (χ3n) is 1.70. The molecule has 6 heteroatoms. The summed E-state index contributed by atoms with van der Waals surface area (Å²) < 4.78 is 13.1. The third-order valence-corrected chi connectivity index (χ3v) is 2.43. The van der Waals surface area contributed by atoms with Gasteiger partial charge in [0.15, 0.2) is 0 Å². The van der Waals surface area contributed by atoms with E-state index >= 15 is 0 Å². The fraction of sp³-hybridized carbons (Fsp3) is 0.100. The van der Waals surface area contributed by atoms with Crippen molar-refractivity contribution in [2.24, 2.45) is 0 Å². The van der Waals surface area contributed by atoms with Gasteiger partial charge < -0.3 is 5.32 Å². The molecule has 0 saturated heterocycles. The minimum absolute atomic E-state index is 0.00137. The molecule has 0 saturated carbocycles. The number of amides is 1. The van der Waals surface area contributed by atoms with Crippen molar-refractivity contribution >= 4 is 40.7 Å². The van der Waals surface area contributed by atoms with Crippen LogP contribution in [0.15, 0.2) is 23.7 Å². The van der Waals surface area contributed by atoms with Crippen LogP contribution in [0.1, 0.15) is 10.4 Å². The Morgan fingerprint density at radius 1 is 1.38 bits per heavy atom. The quantitative estimate of drug-likeness (QED) is 0.843. The highest BCUT2D eigenvalue weighted by Gasteiger charge is 2.13. The maximum absolute atomic E-state index is 13.1. The molecule has 1 rings (SSSR count). The number of rotatable bonds is 3. The van der Waals surface area contributed by atoms with Crippen molar-refractivity contribution in [3.63, 3.8) is 0 Å². The molecule has 2 nitrogen and oxygen atoms in total. The number of hydrogen-bond acceptors (Lipinski definition) is 1. The van der Waals surface area contributed by atoms with Gasteiger partial charge in [-0.05, 0) is 12.1 Å². The number of nitrogens with one attached hydrogen (secondary N) is 1. The normalized spacial score (nSPS) is 10.0. The van der Waals surface area contributed by atoms with Crippen molar-refractivity contribution in [2.75, 3.05) is 6.54 Å². The topological polar surface area (TPSA) is 29.1 Å². The molecule has 0 fully saturated rings. The fourth-order valence-corrected chi connectivity index (χ4v) is 1.50. The summed E-state index contributed by atoms with van der Waals surface area (Å²) >= 11 is 16.7. The predicted molar refractivity (Wildman–Crippen MR) is 63.7 cm³/mol. The molecule has 0 aromatic heterocycles. The van der Waals surface area contributed by atoms with E-state index in [-0.39, 0.29) is 27.2 Å². The van der Waals surface area contributed by atoms with Gasteiger partial charge in [-0.15, -0.1) is 0 Å². The van der Waals surface area contributed by atoms with E-state index in [1.165, 1.54) is 6.07 Å². The SMILES string of the molecule is C=C(Cl)CNC(=O)c1cc(F)c(Cl)cc1Cl. The Kier molecular flexibility index (Phi) is 4.59. The lowest BCUT2D eigenvalue weighted by Crippen LogP contribution is -2.24. The Bertz CT molecular complexity index is 448. The lowest BCUT2D eigenvalue weighted by molar-refractivity contribution is 0.0957. The van der Waals surface area contributed by atoms with Crippen LogP contribution >= 0.6 is 34.8 Å². The van der Waals surface area contributed by atoms with Crippen LogP contribution in [0.5, 0.6) is 0 Å². The largest absolute Gasteiger partial charge is 0.347 e. The maximum atomic E-state index is 13.1. The zero-order valence-electron chi connectivity index (χ0n) is 7.99. The van der Waals surface area contributed by atoms with E-state index in [0.29, 0.717) is 0 Å². The Labute approximate surface area is 107 Å². The highest BCUT2D eigenvalue weighted by Crippen LogP contribution is 2.24. The van der Waals surface area contributed by atoms with Crippen LogP contribution in [0.4, 0.5) is 4.39 Å². The first-order valence-electron chi connectivity index (χ1n) is 4.18. The van der Waals surface area contributed by atoms with Gasteiger partial charge in [0, 0.05) is 5.03 Å². The van der Waals surface area contributed by atoms with E-state index in [1.54, 1.807) is 0 Å². The second kappa shape index (κ2) is 5.53. The van der Waals surface area contributed by atoms with Crippen molar-refractivity contribution < 1.29 is 9.18 Å². The van der Waals surface area contributed by atoms with Crippen molar-refractivity contribution in [1.82, 2.24) is 5.32 Å². The summed E-state index contributed by atoms with van der Waals surface area (Å²) in [6.45, 7) is 3.48. The molecule has 0 bridgehead atoms. The molecular weight excluding hydrogens is 275 g/mol. The highest BCUT2D eigenvalue weighted by atomic mass is 35.5. The summed E-state index contributed by atoms with van der Waals surface area (Å²) in [6.07, 6.45) is 0. The van der Waals surface area contributed by atoms with E-state index in [2.05, 4.69) is 11.9 Å². The second-order valence-electron chi connectivity index (χ2n) is 2.95. The minimum atomic E-state index is -0.707. The average Bonchev–Trinajstić information content (AvgIpc) is 2.20. The first-order chi connectivity index (χ1) is 7.41. The zero-order chi connectivity index (χ0) is 12.3. The summed E-state index contributed by atoms with van der Waals surface area (Å²) in [5, 5.41) is 2.62. The van der Waals surface area contributed by atoms with E-state index < -0.39 is 11.7 Å². The average molecular weight is 283 g/mol. The molecule has 1 amide bonds. The first kappa shape index (κ1) is 13.3. The van der Waals surface area contributed by atoms with Gasteiger partial charge >= 0.3 is 0 Å². The van der Waals surface area contributed by atoms with E-state index in [4.69, 9.17) is 34.8 Å². The Morgan fingerprint density at radius 3 is 2.56 bits per heavy atom. The lowest BCUT2D eigenvalue weighted by Gasteiger charge is -2.06. The number of carbonyl (C=O) groups excluding carboxylic acids is 1. The zero-order valence-corrected chi connectivity index (χ0v) is 10.3. The molecule has 0 aliphatic carbocycles. The molecule has 0 aliphatic rings. The Morgan fingerprint density at radius 2 is 2.00 bits per heavy atom. The molecule has 0 unspecified atom stereocenters. The van der Waals surface area contributed by atoms with Gasteiger partial charge in [0.25, 0.3) is 5.91 Å². The maximum Gasteiger partial charge on any atom is 0.253 e. The Hall–Kier alpha value is -0.770. The number of halogens is 4. The summed E-state index contributed by atoms with van der Waals surface area (Å²) in [6, 6.07) is 2.14. The monoisotopic (exact) mass is 281 g/mol. The van der Waals surface area contributed by atoms with E-state index in [0.717, 1.165) is 6.07 Å². The van der Waals surface area contributed by atoms with Crippen molar-refractivity contribution in [3.8, 4) is 0 Å². The molecule has 0 spiro atoms. The van der Waals surface area contributed by atoms with Gasteiger partial charge in [-0.1, -0.05) is 41.4 Å². The molecule has 1 aromatic rings. The van der Waals surface area contributed by atoms with Crippen LogP contribution in [0.2, 0.25) is 10.0 Å². The fourth-order valence-electron chi connectivity index (χ4n) is 0.968. The third kappa shape index (κ3) is 3.37. The van der Waals surface area contributed by atoms with Crippen LogP contribution in [0.3, 0.4) is 0 Å². The van der Waals surface area contributed by atoms with E-state index in [1.807, 2.05) is 0 Å². The second-order valence-corrected chi connectivity index (χ2v) is 4.30. The minimum Gasteiger partial charge on any atom is -0.347 e. The molecular formula is C10H7Cl3FNO. The van der Waals surface area contributed by atoms with Gasteiger partial charge in [-0.25, -0.2) is 4.39 Å². The highest BCUT2D eigenvalue weighted by molar-refractivity contribution is 6.36. The Balaban J connectivity index is 2.91. The van der Waals surface area contributed by atoms with Gasteiger partial charge in [-0.3, -0.25) is 4.79 Å². The first-order valence-corrected chi connectivity index (χ1v) is 5.31. The number of carbonyl (C=O) groups is 1. The molecule has 0 aliphatic heterocycles. The van der Waals surface area contributed by atoms with Crippen LogP contribution < -0.4 is 5.32 Å². The van der Waals surface area contributed by atoms with Crippen LogP contribution in [0.25, 0.3) is 0 Å². The van der Waals surface area contributed by atoms with Crippen molar-refractivity contribution in [1.29, 1.82) is 0 Å². The lowest BCUT2D eigenvalue weighted by atomic mass is 10.2. The molecule has 0 atom stereocenters. The van der Waals surface area contributed by atoms with Crippen molar-refractivity contribution in [2.45, 2.75) is 0 Å². The van der Waals surface area contributed by atoms with Crippen LogP contribution in [-0.4, -0.2) is 12.5 Å². The molecule has 86 valence electrons. The molecule has 1 aromatic carbocycles. The van der Waals surface area contributed by atoms with Gasteiger partial charge in [-0.2, -0.15) is 0 Å². The van der Waals surface area contributed by atoms with E-state index in [9.17, 15) is 9.18 Å². The van der Waals surface area contributed by atoms with Gasteiger partial charge in [0.2, 0.25) is 0 Å². The predicted octanol–water partition coefficient (Wildman–Crippen LogP) is 3.61.